The molecule has 3 nitrogen and oxygen atoms in total. The van der Waals surface area contributed by atoms with Crippen LogP contribution in [0.3, 0.4) is 0 Å². The van der Waals surface area contributed by atoms with E-state index in [2.05, 4.69) is 0 Å². The summed E-state index contributed by atoms with van der Waals surface area (Å²) < 4.78 is 24.7. The van der Waals surface area contributed by atoms with Gasteiger partial charge in [0.2, 0.25) is 10.0 Å². The van der Waals surface area contributed by atoms with Crippen LogP contribution in [-0.4, -0.2) is 31.6 Å². The van der Waals surface area contributed by atoms with Crippen LogP contribution in [0.1, 0.15) is 27.2 Å². The Kier molecular flexibility index (Phi) is 2.50. The summed E-state index contributed by atoms with van der Waals surface area (Å²) in [6.45, 7) is 7.29. The van der Waals surface area contributed by atoms with Crippen molar-refractivity contribution in [3.63, 3.8) is 0 Å². The van der Waals surface area contributed by atoms with E-state index in [1.807, 2.05) is 20.8 Å². The molecule has 0 unspecified atom stereocenters. The van der Waals surface area contributed by atoms with E-state index in [-0.39, 0.29) is 11.2 Å². The van der Waals surface area contributed by atoms with Crippen molar-refractivity contribution in [1.82, 2.24) is 4.31 Å². The molecule has 1 rings (SSSR count). The van der Waals surface area contributed by atoms with Gasteiger partial charge in [0.15, 0.2) is 0 Å². The number of nitrogens with zero attached hydrogens (tertiary/aromatic N) is 1. The van der Waals surface area contributed by atoms with Gasteiger partial charge < -0.3 is 0 Å². The smallest absolute Gasteiger partial charge is 0.212 e. The fourth-order valence-electron chi connectivity index (χ4n) is 1.20. The maximum absolute atomic E-state index is 11.6. The van der Waals surface area contributed by atoms with Gasteiger partial charge in [0.05, 0.1) is 5.75 Å². The SMILES string of the molecule is CC(C)(C)CS(=O)(=O)N1CCC1. The molecule has 0 atom stereocenters. The quantitative estimate of drug-likeness (QED) is 0.654. The van der Waals surface area contributed by atoms with E-state index in [1.54, 1.807) is 4.31 Å². The summed E-state index contributed by atoms with van der Waals surface area (Å²) in [6, 6.07) is 0. The highest BCUT2D eigenvalue weighted by Gasteiger charge is 2.31. The van der Waals surface area contributed by atoms with E-state index >= 15 is 0 Å². The molecule has 12 heavy (non-hydrogen) atoms. The molecule has 0 N–H and O–H groups in total. The Labute approximate surface area is 74.8 Å². The van der Waals surface area contributed by atoms with Crippen molar-refractivity contribution in [1.29, 1.82) is 0 Å². The lowest BCUT2D eigenvalue weighted by atomic mass is 10.0. The standard InChI is InChI=1S/C8H17NO2S/c1-8(2,3)7-12(10,11)9-5-4-6-9/h4-7H2,1-3H3. The minimum atomic E-state index is -2.95. The van der Waals surface area contributed by atoms with E-state index < -0.39 is 10.0 Å². The Bertz CT molecular complexity index is 247. The first-order chi connectivity index (χ1) is 5.31. The summed E-state index contributed by atoms with van der Waals surface area (Å²) in [5.41, 5.74) is -0.131. The maximum Gasteiger partial charge on any atom is 0.214 e. The lowest BCUT2D eigenvalue weighted by molar-refractivity contribution is 0.302. The first kappa shape index (κ1) is 9.99. The van der Waals surface area contributed by atoms with Crippen molar-refractivity contribution >= 4 is 10.0 Å². The maximum atomic E-state index is 11.6. The molecular weight excluding hydrogens is 174 g/mol. The Morgan fingerprint density at radius 2 is 1.75 bits per heavy atom. The van der Waals surface area contributed by atoms with E-state index in [0.29, 0.717) is 0 Å². The molecule has 0 aliphatic carbocycles. The van der Waals surface area contributed by atoms with Crippen molar-refractivity contribution in [2.24, 2.45) is 5.41 Å². The normalized spacial score (nSPS) is 20.6. The molecule has 0 aromatic rings. The minimum Gasteiger partial charge on any atom is -0.212 e. The molecule has 0 bridgehead atoms. The fourth-order valence-corrected chi connectivity index (χ4v) is 3.30. The minimum absolute atomic E-state index is 0.131. The number of hydrogen-bond donors (Lipinski definition) is 0. The second kappa shape index (κ2) is 3.00. The zero-order valence-corrected chi connectivity index (χ0v) is 8.82. The van der Waals surface area contributed by atoms with Gasteiger partial charge in [-0.25, -0.2) is 12.7 Å². The summed E-state index contributed by atoms with van der Waals surface area (Å²) >= 11 is 0. The van der Waals surface area contributed by atoms with E-state index in [4.69, 9.17) is 0 Å². The molecule has 0 spiro atoms. The molecule has 4 heteroatoms. The molecule has 0 aromatic carbocycles. The third-order valence-electron chi connectivity index (χ3n) is 1.82. The molecule has 0 amide bonds. The van der Waals surface area contributed by atoms with Gasteiger partial charge >= 0.3 is 0 Å². The highest BCUT2D eigenvalue weighted by Crippen LogP contribution is 2.21. The number of hydrogen-bond acceptors (Lipinski definition) is 2. The molecule has 0 radical (unpaired) electrons. The average Bonchev–Trinajstić information content (AvgIpc) is 1.45. The van der Waals surface area contributed by atoms with Crippen LogP contribution in [0.5, 0.6) is 0 Å². The molecule has 1 saturated heterocycles. The Balaban J connectivity index is 2.60. The Morgan fingerprint density at radius 3 is 2.00 bits per heavy atom. The van der Waals surface area contributed by atoms with Crippen molar-refractivity contribution in [2.75, 3.05) is 18.8 Å². The summed E-state index contributed by atoms with van der Waals surface area (Å²) in [4.78, 5) is 0. The van der Waals surface area contributed by atoms with Crippen LogP contribution < -0.4 is 0 Å². The molecule has 72 valence electrons. The summed E-state index contributed by atoms with van der Waals surface area (Å²) in [5.74, 6) is 0.264. The van der Waals surface area contributed by atoms with Crippen LogP contribution in [0.2, 0.25) is 0 Å². The predicted molar refractivity (Wildman–Crippen MR) is 49.4 cm³/mol. The number of sulfonamides is 1. The second-order valence-corrected chi connectivity index (χ2v) is 6.54. The molecule has 1 aliphatic rings. The zero-order chi connectivity index (χ0) is 9.41. The molecular formula is C8H17NO2S. The monoisotopic (exact) mass is 191 g/mol. The van der Waals surface area contributed by atoms with Crippen LogP contribution >= 0.6 is 0 Å². The van der Waals surface area contributed by atoms with Crippen LogP contribution in [0.25, 0.3) is 0 Å². The van der Waals surface area contributed by atoms with Gasteiger partial charge in [0.1, 0.15) is 0 Å². The topological polar surface area (TPSA) is 37.4 Å². The van der Waals surface area contributed by atoms with Gasteiger partial charge in [0, 0.05) is 13.1 Å². The van der Waals surface area contributed by atoms with Crippen LogP contribution in [0.4, 0.5) is 0 Å². The van der Waals surface area contributed by atoms with Gasteiger partial charge in [-0.2, -0.15) is 0 Å². The first-order valence-corrected chi connectivity index (χ1v) is 5.90. The van der Waals surface area contributed by atoms with Gasteiger partial charge in [-0.05, 0) is 11.8 Å². The Morgan fingerprint density at radius 1 is 1.25 bits per heavy atom. The second-order valence-electron chi connectivity index (χ2n) is 4.57. The summed E-state index contributed by atoms with van der Waals surface area (Å²) in [7, 11) is -2.95. The largest absolute Gasteiger partial charge is 0.214 e. The van der Waals surface area contributed by atoms with Crippen molar-refractivity contribution in [3.8, 4) is 0 Å². The Hall–Kier alpha value is -0.0900. The van der Waals surface area contributed by atoms with Crippen molar-refractivity contribution in [2.45, 2.75) is 27.2 Å². The highest BCUT2D eigenvalue weighted by molar-refractivity contribution is 7.89. The van der Waals surface area contributed by atoms with Gasteiger partial charge in [-0.15, -0.1) is 0 Å². The predicted octanol–water partition coefficient (Wildman–Crippen LogP) is 1.07. The first-order valence-electron chi connectivity index (χ1n) is 4.29. The van der Waals surface area contributed by atoms with E-state index in [9.17, 15) is 8.42 Å². The fraction of sp³-hybridized carbons (Fsp3) is 1.00. The van der Waals surface area contributed by atoms with E-state index in [0.717, 1.165) is 19.5 Å². The number of rotatable bonds is 2. The van der Waals surface area contributed by atoms with Gasteiger partial charge in [0.25, 0.3) is 0 Å². The third kappa shape index (κ3) is 2.45. The van der Waals surface area contributed by atoms with Crippen molar-refractivity contribution in [3.05, 3.63) is 0 Å². The third-order valence-corrected chi connectivity index (χ3v) is 4.21. The molecule has 1 aliphatic heterocycles. The molecule has 0 aromatic heterocycles. The van der Waals surface area contributed by atoms with Crippen molar-refractivity contribution < 1.29 is 8.42 Å². The van der Waals surface area contributed by atoms with Gasteiger partial charge in [-0.3, -0.25) is 0 Å². The van der Waals surface area contributed by atoms with Crippen LogP contribution in [0, 0.1) is 5.41 Å². The molecule has 0 saturated carbocycles. The van der Waals surface area contributed by atoms with Gasteiger partial charge in [-0.1, -0.05) is 20.8 Å². The lowest BCUT2D eigenvalue weighted by Gasteiger charge is -2.32. The van der Waals surface area contributed by atoms with Crippen LogP contribution in [0.15, 0.2) is 0 Å². The lowest BCUT2D eigenvalue weighted by Crippen LogP contribution is -2.45. The summed E-state index contributed by atoms with van der Waals surface area (Å²) in [6.07, 6.45) is 1.02. The van der Waals surface area contributed by atoms with E-state index in [1.165, 1.54) is 0 Å². The average molecular weight is 191 g/mol. The molecule has 1 heterocycles. The summed E-state index contributed by atoms with van der Waals surface area (Å²) in [5, 5.41) is 0. The highest BCUT2D eigenvalue weighted by atomic mass is 32.2. The van der Waals surface area contributed by atoms with Crippen LogP contribution in [-0.2, 0) is 10.0 Å². The zero-order valence-electron chi connectivity index (χ0n) is 8.00. The molecule has 1 fully saturated rings.